The minimum absolute atomic E-state index is 0.623. The van der Waals surface area contributed by atoms with Crippen LogP contribution in [0.25, 0.3) is 0 Å². The summed E-state index contributed by atoms with van der Waals surface area (Å²) in [4.78, 5) is 0. The zero-order chi connectivity index (χ0) is 14.2. The third-order valence-electron chi connectivity index (χ3n) is 3.29. The molecule has 1 nitrogen and oxygen atoms in total. The summed E-state index contributed by atoms with van der Waals surface area (Å²) in [6.45, 7) is 2.83. The third kappa shape index (κ3) is 4.61. The molecule has 0 spiro atoms. The van der Waals surface area contributed by atoms with Gasteiger partial charge in [-0.3, -0.25) is 0 Å². The number of hydrogen-bond donors (Lipinski definition) is 1. The van der Waals surface area contributed by atoms with Gasteiger partial charge in [-0.05, 0) is 47.4 Å². The van der Waals surface area contributed by atoms with Crippen LogP contribution in [0.3, 0.4) is 0 Å². The molecule has 0 aromatic heterocycles. The highest BCUT2D eigenvalue weighted by Crippen LogP contribution is 2.15. The van der Waals surface area contributed by atoms with Crippen molar-refractivity contribution in [1.29, 1.82) is 0 Å². The normalized spacial score (nSPS) is 10.5. The first kappa shape index (κ1) is 15.0. The third-order valence-corrected chi connectivity index (χ3v) is 3.51. The number of benzene rings is 2. The molecule has 2 rings (SSSR count). The fraction of sp³-hybridized carbons (Fsp3) is 0.333. The van der Waals surface area contributed by atoms with Gasteiger partial charge in [0.1, 0.15) is 12.4 Å². The summed E-state index contributed by atoms with van der Waals surface area (Å²) >= 11 is 4.24. The Labute approximate surface area is 127 Å². The van der Waals surface area contributed by atoms with Gasteiger partial charge in [-0.25, -0.2) is 0 Å². The zero-order valence-electron chi connectivity index (χ0n) is 12.0. The van der Waals surface area contributed by atoms with Crippen molar-refractivity contribution < 1.29 is 4.74 Å². The second kappa shape index (κ2) is 8.01. The molecular weight excluding hydrogens is 264 g/mol. The number of rotatable bonds is 7. The first-order chi connectivity index (χ1) is 9.81. The van der Waals surface area contributed by atoms with E-state index in [1.807, 2.05) is 12.1 Å². The molecule has 0 bridgehead atoms. The van der Waals surface area contributed by atoms with E-state index in [4.69, 9.17) is 4.74 Å². The smallest absolute Gasteiger partial charge is 0.119 e. The summed E-state index contributed by atoms with van der Waals surface area (Å²) in [7, 11) is 0. The first-order valence-corrected chi connectivity index (χ1v) is 7.85. The van der Waals surface area contributed by atoms with Crippen LogP contribution in [0.1, 0.15) is 30.0 Å². The lowest BCUT2D eigenvalue weighted by Gasteiger charge is -2.08. The maximum atomic E-state index is 5.81. The molecule has 0 saturated heterocycles. The SMILES string of the molecule is CCCc1ccc(COc2ccc(CCS)cc2)cc1. The highest BCUT2D eigenvalue weighted by molar-refractivity contribution is 7.80. The molecule has 0 saturated carbocycles. The summed E-state index contributed by atoms with van der Waals surface area (Å²) in [6.07, 6.45) is 3.34. The largest absolute Gasteiger partial charge is 0.489 e. The molecular formula is C18H22OS. The molecule has 0 heterocycles. The quantitative estimate of drug-likeness (QED) is 0.726. The van der Waals surface area contributed by atoms with Gasteiger partial charge in [0.2, 0.25) is 0 Å². The summed E-state index contributed by atoms with van der Waals surface area (Å²) in [5, 5.41) is 0. The van der Waals surface area contributed by atoms with Gasteiger partial charge in [0, 0.05) is 0 Å². The number of aryl methyl sites for hydroxylation is 2. The Morgan fingerprint density at radius 2 is 1.35 bits per heavy atom. The Bertz CT molecular complexity index is 452. The maximum Gasteiger partial charge on any atom is 0.119 e. The maximum absolute atomic E-state index is 5.81. The lowest BCUT2D eigenvalue weighted by atomic mass is 10.1. The van der Waals surface area contributed by atoms with Crippen LogP contribution in [-0.4, -0.2) is 5.75 Å². The van der Waals surface area contributed by atoms with Crippen molar-refractivity contribution in [3.8, 4) is 5.75 Å². The molecule has 2 heteroatoms. The lowest BCUT2D eigenvalue weighted by Crippen LogP contribution is -1.96. The second-order valence-corrected chi connectivity index (χ2v) is 5.42. The van der Waals surface area contributed by atoms with Crippen LogP contribution in [-0.2, 0) is 19.4 Å². The molecule has 0 aliphatic carbocycles. The van der Waals surface area contributed by atoms with Gasteiger partial charge in [-0.1, -0.05) is 49.7 Å². The number of thiol groups is 1. The molecule has 0 aliphatic heterocycles. The van der Waals surface area contributed by atoms with E-state index in [2.05, 4.69) is 56.0 Å². The fourth-order valence-corrected chi connectivity index (χ4v) is 2.40. The first-order valence-electron chi connectivity index (χ1n) is 7.22. The Morgan fingerprint density at radius 3 is 1.95 bits per heavy atom. The van der Waals surface area contributed by atoms with Gasteiger partial charge in [0.05, 0.1) is 0 Å². The van der Waals surface area contributed by atoms with Crippen molar-refractivity contribution in [3.05, 3.63) is 65.2 Å². The van der Waals surface area contributed by atoms with Gasteiger partial charge >= 0.3 is 0 Å². The van der Waals surface area contributed by atoms with Crippen molar-refractivity contribution in [1.82, 2.24) is 0 Å². The van der Waals surface area contributed by atoms with Crippen molar-refractivity contribution in [2.45, 2.75) is 32.8 Å². The van der Waals surface area contributed by atoms with E-state index in [1.165, 1.54) is 23.1 Å². The molecule has 106 valence electrons. The highest BCUT2D eigenvalue weighted by Gasteiger charge is 1.98. The average molecular weight is 286 g/mol. The average Bonchev–Trinajstić information content (AvgIpc) is 2.49. The van der Waals surface area contributed by atoms with Crippen molar-refractivity contribution in [2.24, 2.45) is 0 Å². The van der Waals surface area contributed by atoms with Gasteiger partial charge in [0.25, 0.3) is 0 Å². The second-order valence-electron chi connectivity index (χ2n) is 4.97. The predicted molar refractivity (Wildman–Crippen MR) is 88.8 cm³/mol. The topological polar surface area (TPSA) is 9.23 Å². The van der Waals surface area contributed by atoms with Crippen LogP contribution >= 0.6 is 12.6 Å². The highest BCUT2D eigenvalue weighted by atomic mass is 32.1. The van der Waals surface area contributed by atoms with Gasteiger partial charge in [0.15, 0.2) is 0 Å². The molecule has 0 fully saturated rings. The number of ether oxygens (including phenoxy) is 1. The van der Waals surface area contributed by atoms with E-state index in [0.29, 0.717) is 6.61 Å². The fourth-order valence-electron chi connectivity index (χ4n) is 2.14. The standard InChI is InChI=1S/C18H22OS/c1-2-3-15-4-6-17(7-5-15)14-19-18-10-8-16(9-11-18)12-13-20/h4-11,20H,2-3,12-14H2,1H3. The molecule has 2 aromatic rings. The summed E-state index contributed by atoms with van der Waals surface area (Å²) in [5.74, 6) is 1.80. The Morgan fingerprint density at radius 1 is 0.800 bits per heavy atom. The van der Waals surface area contributed by atoms with Gasteiger partial charge in [-0.15, -0.1) is 0 Å². The van der Waals surface area contributed by atoms with Crippen LogP contribution in [0.5, 0.6) is 5.75 Å². The van der Waals surface area contributed by atoms with E-state index in [9.17, 15) is 0 Å². The lowest BCUT2D eigenvalue weighted by molar-refractivity contribution is 0.306. The molecule has 0 aliphatic rings. The molecule has 0 atom stereocenters. The van der Waals surface area contributed by atoms with Crippen LogP contribution < -0.4 is 4.74 Å². The van der Waals surface area contributed by atoms with Crippen LogP contribution in [0.4, 0.5) is 0 Å². The van der Waals surface area contributed by atoms with Gasteiger partial charge in [-0.2, -0.15) is 12.6 Å². The predicted octanol–water partition coefficient (Wildman–Crippen LogP) is 4.69. The Kier molecular flexibility index (Phi) is 6.00. The molecule has 0 N–H and O–H groups in total. The summed E-state index contributed by atoms with van der Waals surface area (Å²) < 4.78 is 5.81. The van der Waals surface area contributed by atoms with Crippen LogP contribution in [0.2, 0.25) is 0 Å². The van der Waals surface area contributed by atoms with Crippen molar-refractivity contribution in [2.75, 3.05) is 5.75 Å². The molecule has 2 aromatic carbocycles. The van der Waals surface area contributed by atoms with Crippen molar-refractivity contribution >= 4 is 12.6 Å². The van der Waals surface area contributed by atoms with E-state index in [-0.39, 0.29) is 0 Å². The monoisotopic (exact) mass is 286 g/mol. The van der Waals surface area contributed by atoms with E-state index < -0.39 is 0 Å². The van der Waals surface area contributed by atoms with Crippen LogP contribution in [0, 0.1) is 0 Å². The molecule has 20 heavy (non-hydrogen) atoms. The van der Waals surface area contributed by atoms with E-state index in [1.54, 1.807) is 0 Å². The summed E-state index contributed by atoms with van der Waals surface area (Å²) in [5.41, 5.74) is 3.91. The van der Waals surface area contributed by atoms with Crippen LogP contribution in [0.15, 0.2) is 48.5 Å². The minimum Gasteiger partial charge on any atom is -0.489 e. The Hall–Kier alpha value is -1.41. The van der Waals surface area contributed by atoms with E-state index in [0.717, 1.165) is 24.3 Å². The van der Waals surface area contributed by atoms with Crippen molar-refractivity contribution in [3.63, 3.8) is 0 Å². The molecule has 0 unspecified atom stereocenters. The van der Waals surface area contributed by atoms with E-state index >= 15 is 0 Å². The number of hydrogen-bond acceptors (Lipinski definition) is 2. The zero-order valence-corrected chi connectivity index (χ0v) is 12.9. The Balaban J connectivity index is 1.87. The molecule has 0 amide bonds. The minimum atomic E-state index is 0.623. The van der Waals surface area contributed by atoms with Gasteiger partial charge < -0.3 is 4.74 Å². The summed E-state index contributed by atoms with van der Waals surface area (Å²) in [6, 6.07) is 17.0. The molecule has 0 radical (unpaired) electrons.